The predicted molar refractivity (Wildman–Crippen MR) is 70.6 cm³/mol. The number of nitrogens with one attached hydrogen (secondary N) is 1. The molecule has 1 heterocycles. The van der Waals surface area contributed by atoms with E-state index in [1.54, 1.807) is 24.3 Å². The minimum atomic E-state index is -0.617. The third-order valence-corrected chi connectivity index (χ3v) is 2.47. The second-order valence-corrected chi connectivity index (χ2v) is 3.84. The lowest BCUT2D eigenvalue weighted by molar-refractivity contribution is -0.119. The van der Waals surface area contributed by atoms with Crippen molar-refractivity contribution in [3.63, 3.8) is 0 Å². The van der Waals surface area contributed by atoms with Crippen molar-refractivity contribution in [1.29, 1.82) is 0 Å². The molecule has 0 bridgehead atoms. The van der Waals surface area contributed by atoms with E-state index in [1.165, 1.54) is 25.7 Å². The van der Waals surface area contributed by atoms with Crippen molar-refractivity contribution in [3.05, 3.63) is 48.4 Å². The highest BCUT2D eigenvalue weighted by atomic mass is 16.5. The molecule has 2 aromatic rings. The third-order valence-electron chi connectivity index (χ3n) is 2.47. The summed E-state index contributed by atoms with van der Waals surface area (Å²) in [5.74, 6) is -0.540. The van der Waals surface area contributed by atoms with Crippen LogP contribution in [0.2, 0.25) is 0 Å². The van der Waals surface area contributed by atoms with Gasteiger partial charge < -0.3 is 19.2 Å². The average Bonchev–Trinajstić information content (AvgIpc) is 2.99. The molecule has 1 aromatic carbocycles. The van der Waals surface area contributed by atoms with Gasteiger partial charge in [0.05, 0.1) is 24.6 Å². The van der Waals surface area contributed by atoms with Gasteiger partial charge in [0.15, 0.2) is 6.61 Å². The summed E-state index contributed by atoms with van der Waals surface area (Å²) in [4.78, 5) is 23.2. The van der Waals surface area contributed by atoms with E-state index in [4.69, 9.17) is 13.9 Å². The predicted octanol–water partition coefficient (Wildman–Crippen LogP) is 2.08. The molecule has 0 spiro atoms. The summed E-state index contributed by atoms with van der Waals surface area (Å²) >= 11 is 0. The Labute approximate surface area is 115 Å². The summed E-state index contributed by atoms with van der Waals surface area (Å²) in [6.07, 6.45) is 2.60. The van der Waals surface area contributed by atoms with Gasteiger partial charge in [0.2, 0.25) is 0 Å². The van der Waals surface area contributed by atoms with E-state index >= 15 is 0 Å². The van der Waals surface area contributed by atoms with Gasteiger partial charge in [-0.25, -0.2) is 4.79 Å². The molecule has 0 aliphatic heterocycles. The van der Waals surface area contributed by atoms with Crippen LogP contribution in [0.25, 0.3) is 0 Å². The molecule has 20 heavy (non-hydrogen) atoms. The second kappa shape index (κ2) is 6.42. The molecule has 0 saturated carbocycles. The molecular formula is C14H13NO5. The van der Waals surface area contributed by atoms with Crippen molar-refractivity contribution in [1.82, 2.24) is 0 Å². The number of benzene rings is 1. The summed E-state index contributed by atoms with van der Waals surface area (Å²) < 4.78 is 14.7. The molecule has 1 N–H and O–H groups in total. The van der Waals surface area contributed by atoms with Crippen LogP contribution in [0.4, 0.5) is 5.69 Å². The molecule has 1 amide bonds. The van der Waals surface area contributed by atoms with Gasteiger partial charge in [-0.2, -0.15) is 0 Å². The van der Waals surface area contributed by atoms with E-state index in [2.05, 4.69) is 5.32 Å². The van der Waals surface area contributed by atoms with E-state index in [-0.39, 0.29) is 12.2 Å². The fourth-order valence-electron chi connectivity index (χ4n) is 1.53. The number of amides is 1. The van der Waals surface area contributed by atoms with Gasteiger partial charge in [-0.05, 0) is 18.2 Å². The highest BCUT2D eigenvalue weighted by molar-refractivity contribution is 5.96. The monoisotopic (exact) mass is 275 g/mol. The lowest BCUT2D eigenvalue weighted by Crippen LogP contribution is -2.21. The largest absolute Gasteiger partial charge is 0.495 e. The molecule has 0 unspecified atom stereocenters. The van der Waals surface area contributed by atoms with Gasteiger partial charge in [-0.15, -0.1) is 0 Å². The number of methoxy groups -OCH3 is 1. The molecule has 0 aliphatic carbocycles. The molecule has 0 aliphatic rings. The lowest BCUT2D eigenvalue weighted by Gasteiger charge is -2.09. The maximum Gasteiger partial charge on any atom is 0.341 e. The van der Waals surface area contributed by atoms with Crippen LogP contribution in [0.5, 0.6) is 5.75 Å². The number of anilines is 1. The molecule has 0 radical (unpaired) electrons. The molecule has 0 atom stereocenters. The SMILES string of the molecule is COc1ccccc1NC(=O)COC(=O)c1ccoc1. The Morgan fingerprint density at radius 2 is 2.05 bits per heavy atom. The van der Waals surface area contributed by atoms with Crippen molar-refractivity contribution < 1.29 is 23.5 Å². The van der Waals surface area contributed by atoms with E-state index in [1.807, 2.05) is 0 Å². The number of esters is 1. The lowest BCUT2D eigenvalue weighted by atomic mass is 10.3. The zero-order valence-corrected chi connectivity index (χ0v) is 10.8. The quantitative estimate of drug-likeness (QED) is 0.845. The number of carbonyl (C=O) groups excluding carboxylic acids is 2. The molecule has 6 heteroatoms. The van der Waals surface area contributed by atoms with Gasteiger partial charge in [0, 0.05) is 0 Å². The average molecular weight is 275 g/mol. The van der Waals surface area contributed by atoms with Crippen LogP contribution in [0.15, 0.2) is 47.3 Å². The van der Waals surface area contributed by atoms with Crippen LogP contribution in [0.1, 0.15) is 10.4 Å². The number of rotatable bonds is 5. The number of carbonyl (C=O) groups is 2. The molecule has 104 valence electrons. The first kappa shape index (κ1) is 13.7. The Morgan fingerprint density at radius 3 is 2.75 bits per heavy atom. The highest BCUT2D eigenvalue weighted by Crippen LogP contribution is 2.22. The maximum atomic E-state index is 11.7. The number of furan rings is 1. The van der Waals surface area contributed by atoms with Gasteiger partial charge in [0.25, 0.3) is 5.91 Å². The van der Waals surface area contributed by atoms with Gasteiger partial charge >= 0.3 is 5.97 Å². The minimum absolute atomic E-state index is 0.259. The van der Waals surface area contributed by atoms with E-state index < -0.39 is 11.9 Å². The van der Waals surface area contributed by atoms with Crippen molar-refractivity contribution in [2.75, 3.05) is 19.0 Å². The summed E-state index contributed by atoms with van der Waals surface area (Å²) in [5.41, 5.74) is 0.773. The Hall–Kier alpha value is -2.76. The molecule has 0 fully saturated rings. The Morgan fingerprint density at radius 1 is 1.25 bits per heavy atom. The van der Waals surface area contributed by atoms with Crippen molar-refractivity contribution >= 4 is 17.6 Å². The number of para-hydroxylation sites is 2. The zero-order chi connectivity index (χ0) is 14.4. The highest BCUT2D eigenvalue weighted by Gasteiger charge is 2.12. The van der Waals surface area contributed by atoms with Crippen LogP contribution in [0.3, 0.4) is 0 Å². The summed E-state index contributed by atoms with van der Waals surface area (Å²) in [5, 5.41) is 2.60. The third kappa shape index (κ3) is 3.38. The van der Waals surface area contributed by atoms with Crippen LogP contribution >= 0.6 is 0 Å². The molecule has 0 saturated heterocycles. The molecule has 1 aromatic heterocycles. The van der Waals surface area contributed by atoms with Crippen molar-refractivity contribution in [2.24, 2.45) is 0 Å². The van der Waals surface area contributed by atoms with E-state index in [0.29, 0.717) is 11.4 Å². The maximum absolute atomic E-state index is 11.7. The summed E-state index contributed by atoms with van der Waals surface area (Å²) in [6.45, 7) is -0.387. The first-order valence-corrected chi connectivity index (χ1v) is 5.83. The standard InChI is InChI=1S/C14H13NO5/c1-18-12-5-3-2-4-11(12)15-13(16)9-20-14(17)10-6-7-19-8-10/h2-8H,9H2,1H3,(H,15,16). The van der Waals surface area contributed by atoms with Crippen LogP contribution in [-0.4, -0.2) is 25.6 Å². The number of hydrogen-bond acceptors (Lipinski definition) is 5. The smallest absolute Gasteiger partial charge is 0.341 e. The normalized spacial score (nSPS) is 9.85. The number of hydrogen-bond donors (Lipinski definition) is 1. The fourth-order valence-corrected chi connectivity index (χ4v) is 1.53. The van der Waals surface area contributed by atoms with Gasteiger partial charge in [-0.3, -0.25) is 4.79 Å². The molecule has 6 nitrogen and oxygen atoms in total. The summed E-state index contributed by atoms with van der Waals surface area (Å²) in [6, 6.07) is 8.41. The van der Waals surface area contributed by atoms with Crippen LogP contribution < -0.4 is 10.1 Å². The van der Waals surface area contributed by atoms with Crippen molar-refractivity contribution in [3.8, 4) is 5.75 Å². The Kier molecular flexibility index (Phi) is 4.39. The second-order valence-electron chi connectivity index (χ2n) is 3.84. The van der Waals surface area contributed by atoms with Crippen LogP contribution in [-0.2, 0) is 9.53 Å². The van der Waals surface area contributed by atoms with Gasteiger partial charge in [-0.1, -0.05) is 12.1 Å². The summed E-state index contributed by atoms with van der Waals surface area (Å²) in [7, 11) is 1.50. The Bertz CT molecular complexity index is 591. The van der Waals surface area contributed by atoms with Gasteiger partial charge in [0.1, 0.15) is 12.0 Å². The first-order valence-electron chi connectivity index (χ1n) is 5.83. The first-order chi connectivity index (χ1) is 9.70. The fraction of sp³-hybridized carbons (Fsp3) is 0.143. The molecule has 2 rings (SSSR count). The van der Waals surface area contributed by atoms with Crippen molar-refractivity contribution in [2.45, 2.75) is 0 Å². The van der Waals surface area contributed by atoms with E-state index in [0.717, 1.165) is 0 Å². The van der Waals surface area contributed by atoms with Crippen LogP contribution in [0, 0.1) is 0 Å². The molecular weight excluding hydrogens is 262 g/mol. The Balaban J connectivity index is 1.88. The number of ether oxygens (including phenoxy) is 2. The zero-order valence-electron chi connectivity index (χ0n) is 10.8. The van der Waals surface area contributed by atoms with E-state index in [9.17, 15) is 9.59 Å². The minimum Gasteiger partial charge on any atom is -0.495 e. The topological polar surface area (TPSA) is 77.8 Å².